The predicted molar refractivity (Wildman–Crippen MR) is 37.1 cm³/mol. The molecule has 2 saturated heterocycles. The Bertz CT molecular complexity index is 198. The number of carboxylic acids is 1. The van der Waals surface area contributed by atoms with Crippen LogP contribution in [0, 0.1) is 5.92 Å². The molecule has 1 atom stereocenters. The largest absolute Gasteiger partial charge is 0.480 e. The van der Waals surface area contributed by atoms with Crippen molar-refractivity contribution in [2.45, 2.75) is 24.4 Å². The zero-order valence-corrected chi connectivity index (χ0v) is 6.08. The molecule has 2 bridgehead atoms. The fraction of sp³-hybridized carbons (Fsp3) is 0.857. The molecular formula is C7H11NO3. The lowest BCUT2D eigenvalue weighted by Gasteiger charge is -2.32. The van der Waals surface area contributed by atoms with Gasteiger partial charge in [0.25, 0.3) is 0 Å². The van der Waals surface area contributed by atoms with Gasteiger partial charge in [-0.1, -0.05) is 0 Å². The number of fused-ring (bicyclic) bond motifs is 1. The lowest BCUT2D eigenvalue weighted by atomic mass is 9.72. The molecule has 11 heavy (non-hydrogen) atoms. The van der Waals surface area contributed by atoms with Crippen LogP contribution in [-0.2, 0) is 4.79 Å². The molecule has 2 aliphatic heterocycles. The van der Waals surface area contributed by atoms with Crippen molar-refractivity contribution in [2.24, 2.45) is 5.92 Å². The van der Waals surface area contributed by atoms with E-state index in [1.807, 2.05) is 0 Å². The molecule has 0 spiro atoms. The van der Waals surface area contributed by atoms with E-state index >= 15 is 0 Å². The van der Waals surface area contributed by atoms with Crippen molar-refractivity contribution in [3.05, 3.63) is 0 Å². The van der Waals surface area contributed by atoms with Gasteiger partial charge in [0.15, 0.2) is 0 Å². The number of hydrogen-bond donors (Lipinski definition) is 3. The number of aliphatic carboxylic acids is 1. The van der Waals surface area contributed by atoms with E-state index in [9.17, 15) is 4.79 Å². The molecule has 1 aliphatic carbocycles. The van der Waals surface area contributed by atoms with E-state index < -0.39 is 11.5 Å². The summed E-state index contributed by atoms with van der Waals surface area (Å²) >= 11 is 0. The highest BCUT2D eigenvalue weighted by atomic mass is 16.4. The first kappa shape index (κ1) is 7.06. The Labute approximate surface area is 64.2 Å². The summed E-state index contributed by atoms with van der Waals surface area (Å²) in [5.41, 5.74) is -0.682. The number of carboxylic acid groups (broad SMARTS) is 1. The molecule has 3 fully saturated rings. The minimum Gasteiger partial charge on any atom is -0.480 e. The first-order valence-electron chi connectivity index (χ1n) is 3.80. The van der Waals surface area contributed by atoms with Crippen molar-refractivity contribution in [1.82, 2.24) is 5.32 Å². The molecule has 3 aliphatic rings. The summed E-state index contributed by atoms with van der Waals surface area (Å²) in [6.07, 6.45) is 1.38. The first-order chi connectivity index (χ1) is 5.18. The van der Waals surface area contributed by atoms with Crippen molar-refractivity contribution < 1.29 is 15.0 Å². The topological polar surface area (TPSA) is 69.6 Å². The van der Waals surface area contributed by atoms with Gasteiger partial charge >= 0.3 is 5.97 Å². The normalized spacial score (nSPS) is 47.0. The van der Waals surface area contributed by atoms with Gasteiger partial charge in [0, 0.05) is 6.04 Å². The molecule has 3 N–H and O–H groups in total. The van der Waals surface area contributed by atoms with E-state index in [4.69, 9.17) is 10.2 Å². The fourth-order valence-electron chi connectivity index (χ4n) is 2.14. The Morgan fingerprint density at radius 1 is 1.64 bits per heavy atom. The van der Waals surface area contributed by atoms with Crippen LogP contribution >= 0.6 is 0 Å². The van der Waals surface area contributed by atoms with Gasteiger partial charge in [0.2, 0.25) is 0 Å². The summed E-state index contributed by atoms with van der Waals surface area (Å²) in [4.78, 5) is 10.7. The van der Waals surface area contributed by atoms with Crippen molar-refractivity contribution in [3.63, 3.8) is 0 Å². The summed E-state index contributed by atoms with van der Waals surface area (Å²) in [5.74, 6) is -0.388. The molecule has 0 aromatic carbocycles. The quantitative estimate of drug-likeness (QED) is 0.490. The van der Waals surface area contributed by atoms with Gasteiger partial charge in [-0.25, -0.2) is 0 Å². The van der Waals surface area contributed by atoms with E-state index in [1.165, 1.54) is 0 Å². The summed E-state index contributed by atoms with van der Waals surface area (Å²) in [6, 6.07) is 0.0195. The number of aliphatic hydroxyl groups is 1. The highest BCUT2D eigenvalue weighted by Gasteiger charge is 2.60. The second-order valence-corrected chi connectivity index (χ2v) is 3.49. The third-order valence-electron chi connectivity index (χ3n) is 2.86. The summed E-state index contributed by atoms with van der Waals surface area (Å²) < 4.78 is 0. The number of nitrogens with one attached hydrogen (secondary N) is 1. The maximum atomic E-state index is 10.7. The molecule has 1 unspecified atom stereocenters. The van der Waals surface area contributed by atoms with Gasteiger partial charge in [-0.15, -0.1) is 0 Å². The average Bonchev–Trinajstić information content (AvgIpc) is 2.37. The summed E-state index contributed by atoms with van der Waals surface area (Å²) in [5, 5.41) is 20.5. The number of hydrogen-bond acceptors (Lipinski definition) is 3. The minimum absolute atomic E-state index is 0.0195. The highest BCUT2D eigenvalue weighted by Crippen LogP contribution is 2.47. The Morgan fingerprint density at radius 3 is 2.55 bits per heavy atom. The Balaban J connectivity index is 2.10. The summed E-state index contributed by atoms with van der Waals surface area (Å²) in [7, 11) is 0. The molecule has 62 valence electrons. The molecule has 2 heterocycles. The van der Waals surface area contributed by atoms with Crippen LogP contribution in [0.15, 0.2) is 0 Å². The monoisotopic (exact) mass is 157 g/mol. The standard InChI is InChI=1S/C7H11NO3/c9-3-5-4-1-7(2-4,8-5)6(10)11/h4-5,8-9H,1-3H2,(H,10,11). The van der Waals surface area contributed by atoms with E-state index in [1.54, 1.807) is 0 Å². The molecule has 1 saturated carbocycles. The predicted octanol–water partition coefficient (Wildman–Crippen LogP) is -0.816. The van der Waals surface area contributed by atoms with E-state index in [-0.39, 0.29) is 12.6 Å². The van der Waals surface area contributed by atoms with Crippen LogP contribution in [-0.4, -0.2) is 34.4 Å². The Morgan fingerprint density at radius 2 is 2.27 bits per heavy atom. The minimum atomic E-state index is -0.773. The van der Waals surface area contributed by atoms with Crippen LogP contribution in [0.1, 0.15) is 12.8 Å². The maximum absolute atomic E-state index is 10.7. The molecular weight excluding hydrogens is 146 g/mol. The van der Waals surface area contributed by atoms with Crippen LogP contribution in [0.5, 0.6) is 0 Å². The molecule has 0 aromatic rings. The third kappa shape index (κ3) is 0.736. The fourth-order valence-corrected chi connectivity index (χ4v) is 2.14. The zero-order chi connectivity index (χ0) is 8.06. The number of carbonyl (C=O) groups is 1. The Hall–Kier alpha value is -0.610. The number of aliphatic hydroxyl groups excluding tert-OH is 1. The van der Waals surface area contributed by atoms with Gasteiger partial charge in [-0.05, 0) is 18.8 Å². The second kappa shape index (κ2) is 1.95. The molecule has 4 nitrogen and oxygen atoms in total. The van der Waals surface area contributed by atoms with Crippen LogP contribution in [0.4, 0.5) is 0 Å². The third-order valence-corrected chi connectivity index (χ3v) is 2.86. The van der Waals surface area contributed by atoms with Crippen molar-refractivity contribution in [3.8, 4) is 0 Å². The van der Waals surface area contributed by atoms with Gasteiger partial charge in [0.05, 0.1) is 6.61 Å². The smallest absolute Gasteiger partial charge is 0.323 e. The van der Waals surface area contributed by atoms with Crippen LogP contribution in [0.2, 0.25) is 0 Å². The van der Waals surface area contributed by atoms with E-state index in [0.717, 1.165) is 0 Å². The lowest BCUT2D eigenvalue weighted by Crippen LogP contribution is -2.50. The van der Waals surface area contributed by atoms with Crippen LogP contribution in [0.25, 0.3) is 0 Å². The average molecular weight is 157 g/mol. The number of rotatable bonds is 2. The van der Waals surface area contributed by atoms with Crippen molar-refractivity contribution >= 4 is 5.97 Å². The van der Waals surface area contributed by atoms with E-state index in [2.05, 4.69) is 5.32 Å². The maximum Gasteiger partial charge on any atom is 0.323 e. The van der Waals surface area contributed by atoms with Crippen molar-refractivity contribution in [2.75, 3.05) is 6.61 Å². The lowest BCUT2D eigenvalue weighted by molar-refractivity contribution is -0.147. The Kier molecular flexibility index (Phi) is 1.25. The van der Waals surface area contributed by atoms with Gasteiger partial charge in [0.1, 0.15) is 5.54 Å². The molecule has 4 heteroatoms. The van der Waals surface area contributed by atoms with Gasteiger partial charge in [-0.3, -0.25) is 10.1 Å². The van der Waals surface area contributed by atoms with Crippen LogP contribution < -0.4 is 5.32 Å². The SMILES string of the molecule is O=C(O)C12CC(C1)C(CO)N2. The van der Waals surface area contributed by atoms with Gasteiger partial charge in [-0.2, -0.15) is 0 Å². The van der Waals surface area contributed by atoms with Crippen LogP contribution in [0.3, 0.4) is 0 Å². The molecule has 3 rings (SSSR count). The molecule has 0 aromatic heterocycles. The molecule has 0 amide bonds. The van der Waals surface area contributed by atoms with Gasteiger partial charge < -0.3 is 10.2 Å². The second-order valence-electron chi connectivity index (χ2n) is 3.49. The van der Waals surface area contributed by atoms with Crippen molar-refractivity contribution in [1.29, 1.82) is 0 Å². The first-order valence-corrected chi connectivity index (χ1v) is 3.80. The molecule has 0 radical (unpaired) electrons. The highest BCUT2D eigenvalue weighted by molar-refractivity contribution is 5.81. The van der Waals surface area contributed by atoms with E-state index in [0.29, 0.717) is 18.8 Å². The summed E-state index contributed by atoms with van der Waals surface area (Å²) in [6.45, 7) is 0.0553. The zero-order valence-electron chi connectivity index (χ0n) is 6.08.